The predicted molar refractivity (Wildman–Crippen MR) is 82.0 cm³/mol. The summed E-state index contributed by atoms with van der Waals surface area (Å²) in [7, 11) is 1.72. The van der Waals surface area contributed by atoms with Gasteiger partial charge in [0.1, 0.15) is 5.75 Å². The lowest BCUT2D eigenvalue weighted by Gasteiger charge is -2.42. The van der Waals surface area contributed by atoms with Gasteiger partial charge < -0.3 is 10.5 Å². The summed E-state index contributed by atoms with van der Waals surface area (Å²) >= 11 is 0. The fraction of sp³-hybridized carbons (Fsp3) is 0.647. The van der Waals surface area contributed by atoms with Crippen molar-refractivity contribution in [2.45, 2.75) is 45.2 Å². The Bertz CT molecular complexity index is 498. The molecule has 0 amide bonds. The van der Waals surface area contributed by atoms with Gasteiger partial charge in [0, 0.05) is 18.6 Å². The number of nitrogens with zero attached hydrogens (tertiary/aromatic N) is 1. The van der Waals surface area contributed by atoms with E-state index in [1.807, 2.05) is 6.07 Å². The molecule has 3 heteroatoms. The maximum Gasteiger partial charge on any atom is 0.119 e. The smallest absolute Gasteiger partial charge is 0.119 e. The third kappa shape index (κ3) is 2.45. The third-order valence-electron chi connectivity index (χ3n) is 4.95. The van der Waals surface area contributed by atoms with Gasteiger partial charge >= 0.3 is 0 Å². The van der Waals surface area contributed by atoms with E-state index in [2.05, 4.69) is 30.9 Å². The maximum absolute atomic E-state index is 6.54. The van der Waals surface area contributed by atoms with Gasteiger partial charge in [-0.25, -0.2) is 0 Å². The summed E-state index contributed by atoms with van der Waals surface area (Å²) in [5.74, 6) is 0.916. The van der Waals surface area contributed by atoms with Crippen LogP contribution in [0.3, 0.4) is 0 Å². The SMILES string of the molecule is COc1ccc2c(c1)C(N)C(N1CCCC(C)(C)C1)C2. The first-order valence-electron chi connectivity index (χ1n) is 7.67. The molecule has 1 saturated heterocycles. The minimum atomic E-state index is 0.119. The summed E-state index contributed by atoms with van der Waals surface area (Å²) in [6.07, 6.45) is 3.69. The molecule has 2 atom stereocenters. The molecule has 1 heterocycles. The zero-order valence-corrected chi connectivity index (χ0v) is 12.9. The number of nitrogens with two attached hydrogens (primary N) is 1. The van der Waals surface area contributed by atoms with Gasteiger partial charge in [0.25, 0.3) is 0 Å². The van der Waals surface area contributed by atoms with Crippen molar-refractivity contribution in [3.05, 3.63) is 29.3 Å². The number of hydrogen-bond acceptors (Lipinski definition) is 3. The van der Waals surface area contributed by atoms with Gasteiger partial charge in [-0.15, -0.1) is 0 Å². The summed E-state index contributed by atoms with van der Waals surface area (Å²) in [6, 6.07) is 6.93. The van der Waals surface area contributed by atoms with Gasteiger partial charge in [-0.2, -0.15) is 0 Å². The number of likely N-dealkylation sites (tertiary alicyclic amines) is 1. The summed E-state index contributed by atoms with van der Waals surface area (Å²) < 4.78 is 5.33. The molecule has 1 aromatic carbocycles. The largest absolute Gasteiger partial charge is 0.497 e. The first kappa shape index (κ1) is 13.9. The Morgan fingerprint density at radius 3 is 2.85 bits per heavy atom. The van der Waals surface area contributed by atoms with Crippen LogP contribution in [0, 0.1) is 5.41 Å². The van der Waals surface area contributed by atoms with Crippen molar-refractivity contribution < 1.29 is 4.74 Å². The van der Waals surface area contributed by atoms with E-state index in [9.17, 15) is 0 Å². The molecule has 2 N–H and O–H groups in total. The maximum atomic E-state index is 6.54. The van der Waals surface area contributed by atoms with Gasteiger partial charge in [0.2, 0.25) is 0 Å². The van der Waals surface area contributed by atoms with Crippen molar-refractivity contribution in [2.75, 3.05) is 20.2 Å². The first-order valence-corrected chi connectivity index (χ1v) is 7.67. The number of hydrogen-bond donors (Lipinski definition) is 1. The van der Waals surface area contributed by atoms with E-state index in [4.69, 9.17) is 10.5 Å². The molecule has 0 bridgehead atoms. The lowest BCUT2D eigenvalue weighted by atomic mass is 9.83. The van der Waals surface area contributed by atoms with Crippen LogP contribution in [0.2, 0.25) is 0 Å². The molecule has 2 unspecified atom stereocenters. The lowest BCUT2D eigenvalue weighted by molar-refractivity contribution is 0.0716. The monoisotopic (exact) mass is 274 g/mol. The van der Waals surface area contributed by atoms with Crippen LogP contribution in [-0.4, -0.2) is 31.1 Å². The molecule has 0 radical (unpaired) electrons. The molecule has 20 heavy (non-hydrogen) atoms. The Hall–Kier alpha value is -1.06. The van der Waals surface area contributed by atoms with Crippen LogP contribution in [0.15, 0.2) is 18.2 Å². The van der Waals surface area contributed by atoms with Crippen LogP contribution in [0.25, 0.3) is 0 Å². The fourth-order valence-corrected chi connectivity index (χ4v) is 3.86. The quantitative estimate of drug-likeness (QED) is 0.901. The van der Waals surface area contributed by atoms with Gasteiger partial charge in [0.15, 0.2) is 0 Å². The average molecular weight is 274 g/mol. The van der Waals surface area contributed by atoms with Crippen molar-refractivity contribution in [3.63, 3.8) is 0 Å². The van der Waals surface area contributed by atoms with Crippen molar-refractivity contribution in [1.29, 1.82) is 0 Å². The summed E-state index contributed by atoms with van der Waals surface area (Å²) in [6.45, 7) is 7.09. The lowest BCUT2D eigenvalue weighted by Crippen LogP contribution is -2.48. The molecule has 3 rings (SSSR count). The standard InChI is InChI=1S/C17H26N2O/c1-17(2)7-4-8-19(11-17)15-9-12-5-6-13(20-3)10-14(12)16(15)18/h5-6,10,15-16H,4,7-9,11,18H2,1-3H3. The van der Waals surface area contributed by atoms with Crippen molar-refractivity contribution in [1.82, 2.24) is 4.90 Å². The Balaban J connectivity index is 1.81. The molecule has 1 aliphatic carbocycles. The number of rotatable bonds is 2. The molecule has 1 aromatic rings. The van der Waals surface area contributed by atoms with E-state index < -0.39 is 0 Å². The summed E-state index contributed by atoms with van der Waals surface area (Å²) in [4.78, 5) is 2.61. The van der Waals surface area contributed by atoms with Crippen LogP contribution in [0.4, 0.5) is 0 Å². The van der Waals surface area contributed by atoms with Crippen molar-refractivity contribution in [2.24, 2.45) is 11.1 Å². The van der Waals surface area contributed by atoms with Gasteiger partial charge in [-0.3, -0.25) is 4.90 Å². The van der Waals surface area contributed by atoms with E-state index in [0.717, 1.165) is 18.7 Å². The molecule has 1 fully saturated rings. The topological polar surface area (TPSA) is 38.5 Å². The molecule has 110 valence electrons. The highest BCUT2D eigenvalue weighted by Crippen LogP contribution is 2.38. The van der Waals surface area contributed by atoms with Crippen molar-refractivity contribution in [3.8, 4) is 5.75 Å². The molecular formula is C17H26N2O. The van der Waals surface area contributed by atoms with E-state index >= 15 is 0 Å². The number of piperidine rings is 1. The highest BCUT2D eigenvalue weighted by molar-refractivity contribution is 5.42. The van der Waals surface area contributed by atoms with Crippen LogP contribution in [0.5, 0.6) is 5.75 Å². The van der Waals surface area contributed by atoms with Gasteiger partial charge in [0.05, 0.1) is 7.11 Å². The molecule has 0 aromatic heterocycles. The van der Waals surface area contributed by atoms with Gasteiger partial charge in [-0.05, 0) is 54.5 Å². The molecule has 0 spiro atoms. The second-order valence-electron chi connectivity index (χ2n) is 7.10. The van der Waals surface area contributed by atoms with E-state index in [1.165, 1.54) is 30.5 Å². The highest BCUT2D eigenvalue weighted by Gasteiger charge is 2.38. The number of methoxy groups -OCH3 is 1. The number of benzene rings is 1. The van der Waals surface area contributed by atoms with Crippen LogP contribution >= 0.6 is 0 Å². The molecule has 2 aliphatic rings. The minimum absolute atomic E-state index is 0.119. The van der Waals surface area contributed by atoms with E-state index in [1.54, 1.807) is 7.11 Å². The third-order valence-corrected chi connectivity index (χ3v) is 4.95. The molecule has 0 saturated carbocycles. The Kier molecular flexibility index (Phi) is 3.51. The second kappa shape index (κ2) is 5.05. The zero-order chi connectivity index (χ0) is 14.3. The average Bonchev–Trinajstić information content (AvgIpc) is 2.74. The molecule has 3 nitrogen and oxygen atoms in total. The van der Waals surface area contributed by atoms with Crippen LogP contribution < -0.4 is 10.5 Å². The van der Waals surface area contributed by atoms with Crippen LogP contribution in [0.1, 0.15) is 43.9 Å². The first-order chi connectivity index (χ1) is 9.50. The molecular weight excluding hydrogens is 248 g/mol. The van der Waals surface area contributed by atoms with E-state index in [0.29, 0.717) is 11.5 Å². The minimum Gasteiger partial charge on any atom is -0.497 e. The molecule has 1 aliphatic heterocycles. The van der Waals surface area contributed by atoms with E-state index in [-0.39, 0.29) is 6.04 Å². The fourth-order valence-electron chi connectivity index (χ4n) is 3.86. The second-order valence-corrected chi connectivity index (χ2v) is 7.10. The van der Waals surface area contributed by atoms with Gasteiger partial charge in [-0.1, -0.05) is 19.9 Å². The Morgan fingerprint density at radius 1 is 1.35 bits per heavy atom. The zero-order valence-electron chi connectivity index (χ0n) is 12.9. The highest BCUT2D eigenvalue weighted by atomic mass is 16.5. The Labute approximate surface area is 122 Å². The number of fused-ring (bicyclic) bond motifs is 1. The number of ether oxygens (including phenoxy) is 1. The summed E-state index contributed by atoms with van der Waals surface area (Å²) in [5, 5.41) is 0. The summed E-state index contributed by atoms with van der Waals surface area (Å²) in [5.41, 5.74) is 9.63. The Morgan fingerprint density at radius 2 is 2.15 bits per heavy atom. The van der Waals surface area contributed by atoms with Crippen LogP contribution in [-0.2, 0) is 6.42 Å². The normalized spacial score (nSPS) is 29.2. The predicted octanol–water partition coefficient (Wildman–Crippen LogP) is 2.74. The van der Waals surface area contributed by atoms with Crippen molar-refractivity contribution >= 4 is 0 Å².